The fraction of sp³-hybridized carbons (Fsp3) is 0. The molecule has 0 atom stereocenters. The summed E-state index contributed by atoms with van der Waals surface area (Å²) in [5, 5.41) is 2.34. The smallest absolute Gasteiger partial charge is 0.410 e. The number of carbonyl (C=O) groups excluding carboxylic acids is 1. The molecule has 92 valence electrons. The average Bonchev–Trinajstić information content (AvgIpc) is 2.35. The molecule has 2 aromatic rings. The third-order valence-corrected chi connectivity index (χ3v) is 2.07. The minimum absolute atomic E-state index is 0.169. The van der Waals surface area contributed by atoms with Gasteiger partial charge in [0.1, 0.15) is 5.75 Å². The number of hydrogen-bond acceptors (Lipinski definition) is 4. The van der Waals surface area contributed by atoms with Crippen LogP contribution in [0.5, 0.6) is 5.75 Å². The van der Waals surface area contributed by atoms with Crippen LogP contribution in [-0.4, -0.2) is 11.1 Å². The van der Waals surface area contributed by atoms with E-state index in [4.69, 9.17) is 10.5 Å². The lowest BCUT2D eigenvalue weighted by molar-refractivity contribution is 0.215. The van der Waals surface area contributed by atoms with Crippen LogP contribution in [0.25, 0.3) is 0 Å². The van der Waals surface area contributed by atoms with E-state index in [9.17, 15) is 9.18 Å². The maximum absolute atomic E-state index is 13.1. The second-order valence-corrected chi connectivity index (χ2v) is 3.42. The molecule has 1 aromatic carbocycles. The number of ether oxygens (including phenoxy) is 1. The molecular formula is C12H10FN3O2. The molecule has 0 aliphatic heterocycles. The van der Waals surface area contributed by atoms with E-state index in [0.29, 0.717) is 5.75 Å². The van der Waals surface area contributed by atoms with E-state index in [1.807, 2.05) is 0 Å². The van der Waals surface area contributed by atoms with E-state index in [1.54, 1.807) is 30.3 Å². The summed E-state index contributed by atoms with van der Waals surface area (Å²) in [4.78, 5) is 15.0. The van der Waals surface area contributed by atoms with Crippen molar-refractivity contribution in [2.45, 2.75) is 0 Å². The van der Waals surface area contributed by atoms with Crippen molar-refractivity contribution in [3.63, 3.8) is 0 Å². The Labute approximate surface area is 102 Å². The summed E-state index contributed by atoms with van der Waals surface area (Å²) >= 11 is 0. The van der Waals surface area contributed by atoms with Crippen molar-refractivity contribution in [1.29, 1.82) is 0 Å². The lowest BCUT2D eigenvalue weighted by Gasteiger charge is -2.06. The highest BCUT2D eigenvalue weighted by atomic mass is 19.1. The van der Waals surface area contributed by atoms with Crippen LogP contribution < -0.4 is 15.8 Å². The van der Waals surface area contributed by atoms with Crippen molar-refractivity contribution in [3.05, 3.63) is 48.4 Å². The Bertz CT molecular complexity index is 561. The number of aromatic nitrogens is 1. The molecule has 2 rings (SSSR count). The molecule has 0 saturated carbocycles. The molecule has 0 radical (unpaired) electrons. The van der Waals surface area contributed by atoms with Gasteiger partial charge in [-0.05, 0) is 12.1 Å². The summed E-state index contributed by atoms with van der Waals surface area (Å²) in [5.74, 6) is -0.539. The van der Waals surface area contributed by atoms with Crippen molar-refractivity contribution >= 4 is 17.6 Å². The quantitative estimate of drug-likeness (QED) is 0.854. The number of benzene rings is 1. The van der Waals surface area contributed by atoms with E-state index < -0.39 is 11.9 Å². The molecule has 0 aliphatic rings. The van der Waals surface area contributed by atoms with Gasteiger partial charge in [-0.15, -0.1) is 0 Å². The Hall–Kier alpha value is -2.63. The number of carbonyl (C=O) groups is 1. The number of anilines is 2. The molecule has 18 heavy (non-hydrogen) atoms. The van der Waals surface area contributed by atoms with Gasteiger partial charge in [0.25, 0.3) is 0 Å². The van der Waals surface area contributed by atoms with Gasteiger partial charge in [0.15, 0.2) is 11.6 Å². The highest BCUT2D eigenvalue weighted by molar-refractivity contribution is 5.86. The van der Waals surface area contributed by atoms with E-state index in [0.717, 1.165) is 6.07 Å². The molecule has 5 nitrogen and oxygen atoms in total. The van der Waals surface area contributed by atoms with Gasteiger partial charge in [0, 0.05) is 6.07 Å². The van der Waals surface area contributed by atoms with Crippen LogP contribution in [0.4, 0.5) is 20.7 Å². The largest absolute Gasteiger partial charge is 0.417 e. The Morgan fingerprint density at radius 3 is 2.72 bits per heavy atom. The maximum atomic E-state index is 13.1. The SMILES string of the molecule is Nc1ncc(NC(=O)Oc2ccccc2)cc1F. The molecule has 6 heteroatoms. The Kier molecular flexibility index (Phi) is 3.38. The first-order valence-corrected chi connectivity index (χ1v) is 5.10. The molecule has 1 aromatic heterocycles. The first-order valence-electron chi connectivity index (χ1n) is 5.10. The van der Waals surface area contributed by atoms with E-state index in [2.05, 4.69) is 10.3 Å². The van der Waals surface area contributed by atoms with Gasteiger partial charge in [0.2, 0.25) is 0 Å². The van der Waals surface area contributed by atoms with Gasteiger partial charge < -0.3 is 10.5 Å². The average molecular weight is 247 g/mol. The third kappa shape index (κ3) is 2.94. The van der Waals surface area contributed by atoms with Crippen molar-refractivity contribution < 1.29 is 13.9 Å². The molecule has 1 amide bonds. The fourth-order valence-corrected chi connectivity index (χ4v) is 1.26. The summed E-state index contributed by atoms with van der Waals surface area (Å²) in [6.07, 6.45) is 0.511. The highest BCUT2D eigenvalue weighted by Crippen LogP contribution is 2.14. The Balaban J connectivity index is 2.01. The summed E-state index contributed by atoms with van der Waals surface area (Å²) in [5.41, 5.74) is 5.38. The molecule has 3 N–H and O–H groups in total. The van der Waals surface area contributed by atoms with Crippen molar-refractivity contribution in [1.82, 2.24) is 4.98 Å². The van der Waals surface area contributed by atoms with Gasteiger partial charge in [-0.3, -0.25) is 5.32 Å². The zero-order chi connectivity index (χ0) is 13.0. The summed E-state index contributed by atoms with van der Waals surface area (Å²) in [6, 6.07) is 9.57. The Morgan fingerprint density at radius 2 is 2.06 bits per heavy atom. The van der Waals surface area contributed by atoms with Crippen molar-refractivity contribution in [3.8, 4) is 5.75 Å². The number of hydrogen-bond donors (Lipinski definition) is 2. The molecular weight excluding hydrogens is 237 g/mol. The summed E-state index contributed by atoms with van der Waals surface area (Å²) < 4.78 is 18.0. The molecule has 0 spiro atoms. The summed E-state index contributed by atoms with van der Waals surface area (Å²) in [6.45, 7) is 0. The van der Waals surface area contributed by atoms with E-state index in [1.165, 1.54) is 6.20 Å². The van der Waals surface area contributed by atoms with Gasteiger partial charge >= 0.3 is 6.09 Å². The lowest BCUT2D eigenvalue weighted by Crippen LogP contribution is -2.17. The van der Waals surface area contributed by atoms with Gasteiger partial charge in [-0.25, -0.2) is 14.2 Å². The number of halogens is 1. The fourth-order valence-electron chi connectivity index (χ4n) is 1.26. The first-order chi connectivity index (χ1) is 8.65. The van der Waals surface area contributed by atoms with Crippen molar-refractivity contribution in [2.75, 3.05) is 11.1 Å². The van der Waals surface area contributed by atoms with Crippen molar-refractivity contribution in [2.24, 2.45) is 0 Å². The summed E-state index contributed by atoms with van der Waals surface area (Å²) in [7, 11) is 0. The highest BCUT2D eigenvalue weighted by Gasteiger charge is 2.07. The molecule has 1 heterocycles. The van der Waals surface area contributed by atoms with Crippen LogP contribution in [0.3, 0.4) is 0 Å². The van der Waals surface area contributed by atoms with E-state index >= 15 is 0 Å². The van der Waals surface area contributed by atoms with Crippen LogP contribution in [0.1, 0.15) is 0 Å². The van der Waals surface area contributed by atoms with Crippen LogP contribution in [0, 0.1) is 5.82 Å². The number of nitrogens with two attached hydrogens (primary N) is 1. The zero-order valence-electron chi connectivity index (χ0n) is 9.26. The number of para-hydroxylation sites is 1. The molecule has 0 fully saturated rings. The number of nitrogens with zero attached hydrogens (tertiary/aromatic N) is 1. The number of pyridine rings is 1. The Morgan fingerprint density at radius 1 is 1.33 bits per heavy atom. The number of nitrogen functional groups attached to an aromatic ring is 1. The second-order valence-electron chi connectivity index (χ2n) is 3.42. The predicted octanol–water partition coefficient (Wildman–Crippen LogP) is 2.41. The monoisotopic (exact) mass is 247 g/mol. The topological polar surface area (TPSA) is 77.2 Å². The van der Waals surface area contributed by atoms with Crippen LogP contribution in [-0.2, 0) is 0 Å². The first kappa shape index (κ1) is 11.8. The van der Waals surface area contributed by atoms with Gasteiger partial charge in [0.05, 0.1) is 11.9 Å². The van der Waals surface area contributed by atoms with Gasteiger partial charge in [-0.1, -0.05) is 18.2 Å². The lowest BCUT2D eigenvalue weighted by atomic mass is 10.3. The number of rotatable bonds is 2. The number of nitrogens with one attached hydrogen (secondary N) is 1. The maximum Gasteiger partial charge on any atom is 0.417 e. The van der Waals surface area contributed by atoms with E-state index in [-0.39, 0.29) is 11.5 Å². The predicted molar refractivity (Wildman–Crippen MR) is 64.7 cm³/mol. The normalized spacial score (nSPS) is 9.83. The molecule has 0 saturated heterocycles. The molecule has 0 aliphatic carbocycles. The minimum atomic E-state index is -0.729. The second kappa shape index (κ2) is 5.13. The van der Waals surface area contributed by atoms with Crippen LogP contribution in [0.15, 0.2) is 42.6 Å². The minimum Gasteiger partial charge on any atom is -0.410 e. The van der Waals surface area contributed by atoms with Crippen LogP contribution >= 0.6 is 0 Å². The third-order valence-electron chi connectivity index (χ3n) is 2.07. The molecule has 0 bridgehead atoms. The van der Waals surface area contributed by atoms with Crippen LogP contribution in [0.2, 0.25) is 0 Å². The standard InChI is InChI=1S/C12H10FN3O2/c13-10-6-8(7-15-11(10)14)16-12(17)18-9-4-2-1-3-5-9/h1-7H,(H2,14,15)(H,16,17). The van der Waals surface area contributed by atoms with Gasteiger partial charge in [-0.2, -0.15) is 0 Å². The molecule has 0 unspecified atom stereocenters. The zero-order valence-corrected chi connectivity index (χ0v) is 9.26. The number of amides is 1.